The van der Waals surface area contributed by atoms with Crippen molar-refractivity contribution in [3.63, 3.8) is 0 Å². The number of epoxide rings is 1. The van der Waals surface area contributed by atoms with E-state index in [1.165, 1.54) is 0 Å². The monoisotopic (exact) mass is 128 g/mol. The molecule has 0 saturated carbocycles. The average Bonchev–Trinajstić information content (AvgIpc) is 2.06. The molecule has 1 N–H and O–H groups in total. The van der Waals surface area contributed by atoms with Gasteiger partial charge in [0.1, 0.15) is 0 Å². The molecule has 1 heterocycles. The Kier molecular flexibility index (Phi) is 3.65. The van der Waals surface area contributed by atoms with Gasteiger partial charge in [0.05, 0.1) is 6.61 Å². The van der Waals surface area contributed by atoms with E-state index in [9.17, 15) is 4.79 Å². The van der Waals surface area contributed by atoms with Crippen LogP contribution in [0.25, 0.3) is 0 Å². The predicted octanol–water partition coefficient (Wildman–Crippen LogP) is -1.18. The van der Waals surface area contributed by atoms with E-state index in [2.05, 4.69) is 4.74 Å². The first-order valence-electron chi connectivity index (χ1n) is 1.65. The molecule has 1 saturated heterocycles. The number of carbonyl (C=O) groups is 1. The van der Waals surface area contributed by atoms with Crippen LogP contribution < -0.4 is 0 Å². The van der Waals surface area contributed by atoms with Crippen LogP contribution in [0.5, 0.6) is 0 Å². The third-order valence-electron chi connectivity index (χ3n) is 0.609. The Morgan fingerprint density at radius 3 is 2.29 bits per heavy atom. The molecule has 0 aromatic heterocycles. The van der Waals surface area contributed by atoms with Crippen LogP contribution in [0.1, 0.15) is 0 Å². The average molecular weight is 128 g/mol. The van der Waals surface area contributed by atoms with E-state index in [0.29, 0.717) is 6.61 Å². The van der Waals surface area contributed by atoms with Gasteiger partial charge in [-0.05, 0) is 0 Å². The summed E-state index contributed by atoms with van der Waals surface area (Å²) in [6.07, 6.45) is -0.481. The van der Waals surface area contributed by atoms with Crippen molar-refractivity contribution in [2.45, 2.75) is 6.10 Å². The molecule has 36 valence electrons. The Balaban J connectivity index is 0.000000360. The molecule has 1 aliphatic heterocycles. The summed E-state index contributed by atoms with van der Waals surface area (Å²) in [6, 6.07) is 0. The van der Waals surface area contributed by atoms with Gasteiger partial charge in [-0.15, -0.1) is 0 Å². The molecular formula is C3H5KO3. The molecule has 0 amide bonds. The molecule has 0 radical (unpaired) electrons. The van der Waals surface area contributed by atoms with Crippen LogP contribution in [0.4, 0.5) is 0 Å². The van der Waals surface area contributed by atoms with Gasteiger partial charge in [0.2, 0.25) is 0 Å². The molecule has 3 nitrogen and oxygen atoms in total. The van der Waals surface area contributed by atoms with Crippen molar-refractivity contribution in [1.29, 1.82) is 0 Å². The van der Waals surface area contributed by atoms with Crippen molar-refractivity contribution in [2.75, 3.05) is 6.61 Å². The maximum atomic E-state index is 9.64. The summed E-state index contributed by atoms with van der Waals surface area (Å²) in [5.74, 6) is -0.852. The Hall–Kier alpha value is 1.07. The number of ether oxygens (including phenoxy) is 1. The van der Waals surface area contributed by atoms with E-state index in [-0.39, 0.29) is 51.4 Å². The van der Waals surface area contributed by atoms with Crippen molar-refractivity contribution >= 4 is 57.4 Å². The van der Waals surface area contributed by atoms with Crippen LogP contribution in [0.2, 0.25) is 0 Å². The molecule has 4 heteroatoms. The fraction of sp³-hybridized carbons (Fsp3) is 0.667. The van der Waals surface area contributed by atoms with Gasteiger partial charge in [0, 0.05) is 0 Å². The van der Waals surface area contributed by atoms with Gasteiger partial charge in [-0.25, -0.2) is 4.79 Å². The molecule has 1 rings (SSSR count). The van der Waals surface area contributed by atoms with E-state index in [0.717, 1.165) is 0 Å². The summed E-state index contributed by atoms with van der Waals surface area (Å²) in [5, 5.41) is 7.93. The summed E-state index contributed by atoms with van der Waals surface area (Å²) < 4.78 is 4.37. The Bertz CT molecular complexity index is 78.2. The van der Waals surface area contributed by atoms with E-state index in [1.54, 1.807) is 0 Å². The molecule has 0 unspecified atom stereocenters. The fourth-order valence-corrected chi connectivity index (χ4v) is 0.191. The van der Waals surface area contributed by atoms with Gasteiger partial charge in [-0.2, -0.15) is 0 Å². The number of carboxylic acid groups (broad SMARTS) is 1. The first kappa shape index (κ1) is 8.07. The topological polar surface area (TPSA) is 49.8 Å². The molecule has 7 heavy (non-hydrogen) atoms. The third kappa shape index (κ3) is 2.79. The standard InChI is InChI=1S/C3H4O3.K.H/c4-3(5)2-1-6-2;;/h2H,1H2,(H,4,5);;/t2-;;/m0../s1. The fourth-order valence-electron chi connectivity index (χ4n) is 0.191. The van der Waals surface area contributed by atoms with Gasteiger partial charge < -0.3 is 9.84 Å². The maximum absolute atomic E-state index is 9.64. The zero-order valence-corrected chi connectivity index (χ0v) is 3.05. The molecular weight excluding hydrogens is 123 g/mol. The SMILES string of the molecule is O=C(O)[C@@H]1CO1.[KH]. The quantitative estimate of drug-likeness (QED) is 0.357. The number of rotatable bonds is 1. The summed E-state index contributed by atoms with van der Waals surface area (Å²) >= 11 is 0. The zero-order valence-electron chi connectivity index (χ0n) is 3.05. The van der Waals surface area contributed by atoms with Crippen LogP contribution in [0.3, 0.4) is 0 Å². The van der Waals surface area contributed by atoms with Gasteiger partial charge in [-0.3, -0.25) is 0 Å². The molecule has 0 aromatic carbocycles. The summed E-state index contributed by atoms with van der Waals surface area (Å²) in [7, 11) is 0. The van der Waals surface area contributed by atoms with Crippen molar-refractivity contribution in [3.8, 4) is 0 Å². The number of hydrogen-bond acceptors (Lipinski definition) is 2. The number of aliphatic carboxylic acids is 1. The van der Waals surface area contributed by atoms with Crippen molar-refractivity contribution < 1.29 is 14.6 Å². The van der Waals surface area contributed by atoms with Crippen LogP contribution in [0, 0.1) is 0 Å². The van der Waals surface area contributed by atoms with Gasteiger partial charge in [0.15, 0.2) is 6.10 Å². The zero-order chi connectivity index (χ0) is 4.57. The van der Waals surface area contributed by atoms with E-state index in [1.807, 2.05) is 0 Å². The van der Waals surface area contributed by atoms with Crippen LogP contribution in [0.15, 0.2) is 0 Å². The summed E-state index contributed by atoms with van der Waals surface area (Å²) in [6.45, 7) is 0.398. The van der Waals surface area contributed by atoms with Crippen molar-refractivity contribution in [3.05, 3.63) is 0 Å². The Labute approximate surface area is 83.5 Å². The predicted molar refractivity (Wildman–Crippen MR) is 24.5 cm³/mol. The second kappa shape index (κ2) is 3.16. The summed E-state index contributed by atoms with van der Waals surface area (Å²) in [5.41, 5.74) is 0. The van der Waals surface area contributed by atoms with E-state index < -0.39 is 12.1 Å². The normalized spacial score (nSPS) is 25.4. The molecule has 0 aromatic rings. The van der Waals surface area contributed by atoms with Crippen LogP contribution in [-0.2, 0) is 9.53 Å². The van der Waals surface area contributed by atoms with Crippen LogP contribution in [-0.4, -0.2) is 75.2 Å². The van der Waals surface area contributed by atoms with E-state index >= 15 is 0 Å². The van der Waals surface area contributed by atoms with Crippen molar-refractivity contribution in [1.82, 2.24) is 0 Å². The van der Waals surface area contributed by atoms with Crippen LogP contribution >= 0.6 is 0 Å². The Morgan fingerprint density at radius 2 is 2.29 bits per heavy atom. The molecule has 0 bridgehead atoms. The van der Waals surface area contributed by atoms with E-state index in [4.69, 9.17) is 5.11 Å². The van der Waals surface area contributed by atoms with Gasteiger partial charge in [0.25, 0.3) is 0 Å². The Morgan fingerprint density at radius 1 is 1.86 bits per heavy atom. The molecule has 1 aliphatic rings. The van der Waals surface area contributed by atoms with Crippen molar-refractivity contribution in [2.24, 2.45) is 0 Å². The number of hydrogen-bond donors (Lipinski definition) is 1. The molecule has 0 aliphatic carbocycles. The second-order valence-corrected chi connectivity index (χ2v) is 1.16. The third-order valence-corrected chi connectivity index (χ3v) is 0.609. The minimum atomic E-state index is -0.852. The first-order valence-corrected chi connectivity index (χ1v) is 1.65. The minimum absolute atomic E-state index is 0. The van der Waals surface area contributed by atoms with Gasteiger partial charge >= 0.3 is 57.4 Å². The molecule has 0 spiro atoms. The number of carboxylic acids is 1. The first-order chi connectivity index (χ1) is 2.80. The summed E-state index contributed by atoms with van der Waals surface area (Å²) in [4.78, 5) is 9.64. The second-order valence-electron chi connectivity index (χ2n) is 1.16. The van der Waals surface area contributed by atoms with Gasteiger partial charge in [-0.1, -0.05) is 0 Å². The molecule has 1 atom stereocenters. The molecule has 1 fully saturated rings.